The molecule has 0 radical (unpaired) electrons. The van der Waals surface area contributed by atoms with Gasteiger partial charge in [-0.25, -0.2) is 23.9 Å². The van der Waals surface area contributed by atoms with Gasteiger partial charge in [-0.05, 0) is 25.3 Å². The van der Waals surface area contributed by atoms with Crippen LogP contribution in [-0.2, 0) is 0 Å². The normalized spacial score (nSPS) is 16.2. The molecule has 4 heterocycles. The van der Waals surface area contributed by atoms with Crippen molar-refractivity contribution in [3.8, 4) is 11.1 Å². The van der Waals surface area contributed by atoms with Gasteiger partial charge < -0.3 is 5.32 Å². The molecule has 0 spiro atoms. The molecule has 0 amide bonds. The van der Waals surface area contributed by atoms with Crippen molar-refractivity contribution in [2.24, 2.45) is 0 Å². The van der Waals surface area contributed by atoms with Crippen LogP contribution in [0.4, 0.5) is 10.3 Å². The van der Waals surface area contributed by atoms with Gasteiger partial charge in [-0.2, -0.15) is 0 Å². The first kappa shape index (κ1) is 14.3. The summed E-state index contributed by atoms with van der Waals surface area (Å²) in [6, 6.07) is 1.97. The Morgan fingerprint density at radius 3 is 2.92 bits per heavy atom. The Labute approximate surface area is 142 Å². The van der Waals surface area contributed by atoms with Gasteiger partial charge in [-0.3, -0.25) is 4.40 Å². The number of halogens is 1. The lowest BCUT2D eigenvalue weighted by molar-refractivity contribution is 0.0782. The van der Waals surface area contributed by atoms with Gasteiger partial charge in [0.15, 0.2) is 0 Å². The van der Waals surface area contributed by atoms with E-state index in [0.29, 0.717) is 24.6 Å². The summed E-state index contributed by atoms with van der Waals surface area (Å²) in [5.41, 5.74) is 1.70. The van der Waals surface area contributed by atoms with E-state index in [4.69, 9.17) is 0 Å². The van der Waals surface area contributed by atoms with E-state index >= 15 is 0 Å². The molecule has 126 valence electrons. The first-order valence-electron chi connectivity index (χ1n) is 8.27. The molecule has 0 saturated heterocycles. The van der Waals surface area contributed by atoms with Crippen LogP contribution in [0, 0.1) is 0 Å². The number of hydrogen-bond acceptors (Lipinski definition) is 5. The zero-order valence-electron chi connectivity index (χ0n) is 13.4. The Morgan fingerprint density at radius 1 is 1.16 bits per heavy atom. The Balaban J connectivity index is 1.46. The average Bonchev–Trinajstić information content (AvgIpc) is 3.23. The highest BCUT2D eigenvalue weighted by molar-refractivity contribution is 5.79. The first-order valence-corrected chi connectivity index (χ1v) is 8.27. The van der Waals surface area contributed by atoms with E-state index in [1.807, 2.05) is 29.1 Å². The monoisotopic (exact) mass is 337 g/mol. The maximum atomic E-state index is 14.1. The fourth-order valence-corrected chi connectivity index (χ4v) is 3.16. The second-order valence-electron chi connectivity index (χ2n) is 6.48. The molecule has 0 aromatic carbocycles. The molecule has 1 saturated carbocycles. The topological polar surface area (TPSA) is 72.4 Å². The van der Waals surface area contributed by atoms with E-state index < -0.39 is 5.67 Å². The third-order valence-corrected chi connectivity index (χ3v) is 4.79. The lowest BCUT2D eigenvalue weighted by atomic mass is 9.82. The largest absolute Gasteiger partial charge is 0.350 e. The maximum Gasteiger partial charge on any atom is 0.241 e. The van der Waals surface area contributed by atoms with E-state index in [2.05, 4.69) is 25.4 Å². The molecule has 4 aromatic rings. The summed E-state index contributed by atoms with van der Waals surface area (Å²) in [5, 5.41) is 7.43. The zero-order valence-corrected chi connectivity index (χ0v) is 13.4. The van der Waals surface area contributed by atoms with Crippen LogP contribution < -0.4 is 5.32 Å². The molecular formula is C17H16FN7. The van der Waals surface area contributed by atoms with E-state index in [1.54, 1.807) is 23.1 Å². The molecule has 4 aromatic heterocycles. The van der Waals surface area contributed by atoms with Crippen LogP contribution >= 0.6 is 0 Å². The second kappa shape index (κ2) is 5.23. The van der Waals surface area contributed by atoms with Gasteiger partial charge in [0.05, 0.1) is 18.3 Å². The van der Waals surface area contributed by atoms with Crippen LogP contribution in [0.15, 0.2) is 43.2 Å². The number of fused-ring (bicyclic) bond motifs is 2. The van der Waals surface area contributed by atoms with Gasteiger partial charge in [0.2, 0.25) is 11.7 Å². The highest BCUT2D eigenvalue weighted by Gasteiger charge is 2.36. The summed E-state index contributed by atoms with van der Waals surface area (Å²) in [7, 11) is 0. The standard InChI is InChI=1S/C17H16FN7/c18-17(3-1-4-17)11-22-15-20-9-14-13(2-6-25(14)23-15)12-8-21-16-19-5-7-24(16)10-12/h2,5-10H,1,3-4,11H2,(H,22,23). The molecule has 1 aliphatic carbocycles. The lowest BCUT2D eigenvalue weighted by Gasteiger charge is -2.33. The van der Waals surface area contributed by atoms with E-state index in [1.165, 1.54) is 0 Å². The van der Waals surface area contributed by atoms with Crippen molar-refractivity contribution in [3.05, 3.63) is 43.2 Å². The summed E-state index contributed by atoms with van der Waals surface area (Å²) in [6.45, 7) is 0.258. The van der Waals surface area contributed by atoms with E-state index in [-0.39, 0.29) is 6.54 Å². The molecule has 7 nitrogen and oxygen atoms in total. The predicted octanol–water partition coefficient (Wildman–Crippen LogP) is 2.74. The summed E-state index contributed by atoms with van der Waals surface area (Å²) < 4.78 is 17.7. The van der Waals surface area contributed by atoms with Crippen LogP contribution in [0.3, 0.4) is 0 Å². The van der Waals surface area contributed by atoms with Crippen LogP contribution in [0.2, 0.25) is 0 Å². The van der Waals surface area contributed by atoms with Gasteiger partial charge in [-0.15, -0.1) is 5.10 Å². The van der Waals surface area contributed by atoms with Crippen molar-refractivity contribution in [1.82, 2.24) is 29.0 Å². The molecule has 0 bridgehead atoms. The van der Waals surface area contributed by atoms with E-state index in [0.717, 1.165) is 23.1 Å². The molecule has 0 atom stereocenters. The van der Waals surface area contributed by atoms with Crippen molar-refractivity contribution in [2.45, 2.75) is 24.9 Å². The maximum absolute atomic E-state index is 14.1. The molecule has 0 unspecified atom stereocenters. The van der Waals surface area contributed by atoms with Crippen molar-refractivity contribution in [3.63, 3.8) is 0 Å². The van der Waals surface area contributed by atoms with Crippen molar-refractivity contribution < 1.29 is 4.39 Å². The second-order valence-corrected chi connectivity index (χ2v) is 6.48. The summed E-state index contributed by atoms with van der Waals surface area (Å²) in [4.78, 5) is 12.8. The number of aromatic nitrogens is 6. The molecule has 5 rings (SSSR count). The summed E-state index contributed by atoms with van der Waals surface area (Å²) in [5.74, 6) is 1.09. The number of nitrogens with one attached hydrogen (secondary N) is 1. The third kappa shape index (κ3) is 2.41. The van der Waals surface area contributed by atoms with E-state index in [9.17, 15) is 4.39 Å². The number of nitrogens with zero attached hydrogens (tertiary/aromatic N) is 6. The number of imidazole rings is 1. The molecule has 1 aliphatic rings. The lowest BCUT2D eigenvalue weighted by Crippen LogP contribution is -2.39. The van der Waals surface area contributed by atoms with Crippen molar-refractivity contribution >= 4 is 17.2 Å². The number of hydrogen-bond donors (Lipinski definition) is 1. The van der Waals surface area contributed by atoms with Crippen molar-refractivity contribution in [2.75, 3.05) is 11.9 Å². The predicted molar refractivity (Wildman–Crippen MR) is 91.1 cm³/mol. The Kier molecular flexibility index (Phi) is 3.00. The number of alkyl halides is 1. The summed E-state index contributed by atoms with van der Waals surface area (Å²) in [6.07, 6.45) is 13.1. The van der Waals surface area contributed by atoms with Gasteiger partial charge >= 0.3 is 0 Å². The van der Waals surface area contributed by atoms with Crippen LogP contribution in [-0.4, -0.2) is 41.2 Å². The molecule has 8 heteroatoms. The van der Waals surface area contributed by atoms with Crippen molar-refractivity contribution in [1.29, 1.82) is 0 Å². The van der Waals surface area contributed by atoms with Gasteiger partial charge in [-0.1, -0.05) is 0 Å². The minimum absolute atomic E-state index is 0.258. The minimum Gasteiger partial charge on any atom is -0.350 e. The Hall–Kier alpha value is -3.03. The van der Waals surface area contributed by atoms with Crippen LogP contribution in [0.25, 0.3) is 22.4 Å². The van der Waals surface area contributed by atoms with Gasteiger partial charge in [0, 0.05) is 42.1 Å². The first-order chi connectivity index (χ1) is 12.2. The molecule has 25 heavy (non-hydrogen) atoms. The number of rotatable bonds is 4. The molecular weight excluding hydrogens is 321 g/mol. The Bertz CT molecular complexity index is 1060. The third-order valence-electron chi connectivity index (χ3n) is 4.79. The quantitative estimate of drug-likeness (QED) is 0.620. The van der Waals surface area contributed by atoms with Gasteiger partial charge in [0.1, 0.15) is 5.67 Å². The molecule has 1 N–H and O–H groups in total. The average molecular weight is 337 g/mol. The fraction of sp³-hybridized carbons (Fsp3) is 0.294. The smallest absolute Gasteiger partial charge is 0.241 e. The number of anilines is 1. The van der Waals surface area contributed by atoms with Crippen LogP contribution in [0.1, 0.15) is 19.3 Å². The summed E-state index contributed by atoms with van der Waals surface area (Å²) >= 11 is 0. The highest BCUT2D eigenvalue weighted by Crippen LogP contribution is 2.35. The SMILES string of the molecule is FC1(CNc2ncc3c(-c4cnc5nccn5c4)ccn3n2)CCC1. The Morgan fingerprint density at radius 2 is 2.08 bits per heavy atom. The van der Waals surface area contributed by atoms with Gasteiger partial charge in [0.25, 0.3) is 0 Å². The highest BCUT2D eigenvalue weighted by atomic mass is 19.1. The molecule has 1 fully saturated rings. The zero-order chi connectivity index (χ0) is 16.9. The fourth-order valence-electron chi connectivity index (χ4n) is 3.16. The molecule has 0 aliphatic heterocycles. The minimum atomic E-state index is -1.11. The van der Waals surface area contributed by atoms with Crippen LogP contribution in [0.5, 0.6) is 0 Å².